The Morgan fingerprint density at radius 1 is 1.04 bits per heavy atom. The quantitative estimate of drug-likeness (QED) is 0.672. The Bertz CT molecular complexity index is 870. The average molecular weight is 374 g/mol. The van der Waals surface area contributed by atoms with Gasteiger partial charge in [0.15, 0.2) is 5.06 Å². The topological polar surface area (TPSA) is 59.0 Å². The SMILES string of the molecule is N#Cc1c(-c2ccc(F)cc2)csc1OCc1ccc(CN)cc1.[Cl]. The van der Waals surface area contributed by atoms with Crippen molar-refractivity contribution in [2.45, 2.75) is 13.2 Å². The van der Waals surface area contributed by atoms with E-state index in [0.717, 1.165) is 22.3 Å². The van der Waals surface area contributed by atoms with Crippen LogP contribution in [0.15, 0.2) is 53.9 Å². The lowest BCUT2D eigenvalue weighted by Crippen LogP contribution is -1.98. The van der Waals surface area contributed by atoms with Crippen molar-refractivity contribution in [2.24, 2.45) is 5.73 Å². The minimum atomic E-state index is -0.301. The molecular weight excluding hydrogens is 359 g/mol. The number of nitrogens with zero attached hydrogens (tertiary/aromatic N) is 1. The van der Waals surface area contributed by atoms with Crippen LogP contribution in [-0.4, -0.2) is 0 Å². The van der Waals surface area contributed by atoms with E-state index in [1.165, 1.54) is 23.5 Å². The van der Waals surface area contributed by atoms with Crippen LogP contribution in [0, 0.1) is 17.1 Å². The summed E-state index contributed by atoms with van der Waals surface area (Å²) in [6.45, 7) is 0.884. The Morgan fingerprint density at radius 2 is 1.68 bits per heavy atom. The van der Waals surface area contributed by atoms with Crippen LogP contribution in [0.1, 0.15) is 16.7 Å². The van der Waals surface area contributed by atoms with Crippen molar-refractivity contribution in [1.29, 1.82) is 5.26 Å². The summed E-state index contributed by atoms with van der Waals surface area (Å²) in [4.78, 5) is 0. The van der Waals surface area contributed by atoms with Gasteiger partial charge in [-0.25, -0.2) is 4.39 Å². The molecular formula is C19H15ClFN2OS. The Labute approximate surface area is 155 Å². The van der Waals surface area contributed by atoms with E-state index in [-0.39, 0.29) is 18.2 Å². The molecule has 0 spiro atoms. The van der Waals surface area contributed by atoms with E-state index in [1.54, 1.807) is 12.1 Å². The number of ether oxygens (including phenoxy) is 1. The van der Waals surface area contributed by atoms with Crippen LogP contribution >= 0.6 is 23.7 Å². The van der Waals surface area contributed by atoms with Crippen molar-refractivity contribution < 1.29 is 9.13 Å². The summed E-state index contributed by atoms with van der Waals surface area (Å²) in [6, 6.07) is 16.1. The summed E-state index contributed by atoms with van der Waals surface area (Å²) in [7, 11) is 0. The van der Waals surface area contributed by atoms with Crippen LogP contribution in [0.4, 0.5) is 4.39 Å². The number of halogens is 2. The van der Waals surface area contributed by atoms with Gasteiger partial charge < -0.3 is 10.5 Å². The molecule has 6 heteroatoms. The highest BCUT2D eigenvalue weighted by Crippen LogP contribution is 2.37. The highest BCUT2D eigenvalue weighted by molar-refractivity contribution is 7.12. The first-order valence-corrected chi connectivity index (χ1v) is 8.27. The third kappa shape index (κ3) is 4.37. The maximum absolute atomic E-state index is 13.1. The lowest BCUT2D eigenvalue weighted by molar-refractivity contribution is 0.315. The molecule has 0 saturated carbocycles. The van der Waals surface area contributed by atoms with Crippen molar-refractivity contribution in [3.05, 3.63) is 76.4 Å². The van der Waals surface area contributed by atoms with Gasteiger partial charge in [-0.1, -0.05) is 36.4 Å². The fourth-order valence-electron chi connectivity index (χ4n) is 2.31. The molecule has 0 fully saturated rings. The number of nitriles is 1. The molecule has 0 aliphatic carbocycles. The predicted molar refractivity (Wildman–Crippen MR) is 98.9 cm³/mol. The number of nitrogens with two attached hydrogens (primary N) is 1. The second-order valence-corrected chi connectivity index (χ2v) is 6.08. The first kappa shape index (κ1) is 18.9. The molecule has 127 valence electrons. The predicted octanol–water partition coefficient (Wildman–Crippen LogP) is 5.15. The summed E-state index contributed by atoms with van der Waals surface area (Å²) in [5, 5.41) is 11.9. The van der Waals surface area contributed by atoms with Crippen LogP contribution in [0.5, 0.6) is 5.06 Å². The molecule has 2 aromatic carbocycles. The number of hydrogen-bond donors (Lipinski definition) is 1. The molecule has 0 aliphatic rings. The van der Waals surface area contributed by atoms with Gasteiger partial charge in [0.2, 0.25) is 0 Å². The zero-order valence-corrected chi connectivity index (χ0v) is 14.8. The lowest BCUT2D eigenvalue weighted by Gasteiger charge is -2.06. The van der Waals surface area contributed by atoms with Crippen LogP contribution in [0.25, 0.3) is 11.1 Å². The van der Waals surface area contributed by atoms with Crippen molar-refractivity contribution in [3.8, 4) is 22.3 Å². The van der Waals surface area contributed by atoms with Gasteiger partial charge >= 0.3 is 0 Å². The van der Waals surface area contributed by atoms with E-state index in [2.05, 4.69) is 6.07 Å². The maximum atomic E-state index is 13.1. The number of thiophene rings is 1. The summed E-state index contributed by atoms with van der Waals surface area (Å²) < 4.78 is 18.9. The van der Waals surface area contributed by atoms with E-state index < -0.39 is 0 Å². The molecule has 0 amide bonds. The molecule has 3 rings (SSSR count). The summed E-state index contributed by atoms with van der Waals surface area (Å²) >= 11 is 1.37. The van der Waals surface area contributed by atoms with E-state index in [1.807, 2.05) is 29.6 Å². The first-order valence-electron chi connectivity index (χ1n) is 7.39. The van der Waals surface area contributed by atoms with Crippen molar-refractivity contribution >= 4 is 23.7 Å². The zero-order chi connectivity index (χ0) is 16.9. The molecule has 2 N–H and O–H groups in total. The van der Waals surface area contributed by atoms with E-state index in [9.17, 15) is 9.65 Å². The van der Waals surface area contributed by atoms with Crippen LogP contribution in [-0.2, 0) is 13.2 Å². The highest BCUT2D eigenvalue weighted by Gasteiger charge is 2.14. The molecule has 1 aromatic heterocycles. The van der Waals surface area contributed by atoms with E-state index in [0.29, 0.717) is 23.8 Å². The summed E-state index contributed by atoms with van der Waals surface area (Å²) in [5.74, 6) is -0.301. The number of benzene rings is 2. The van der Waals surface area contributed by atoms with E-state index >= 15 is 0 Å². The average Bonchev–Trinajstić information content (AvgIpc) is 3.04. The number of hydrogen-bond acceptors (Lipinski definition) is 4. The molecule has 1 heterocycles. The standard InChI is InChI=1S/C19H15FN2OS.Cl/c20-16-7-5-15(6-8-16)18-12-24-19(17(18)10-22)23-11-14-3-1-13(9-21)2-4-14;/h1-8,12H,9,11,21H2;. The third-order valence-electron chi connectivity index (χ3n) is 3.65. The lowest BCUT2D eigenvalue weighted by atomic mass is 10.1. The van der Waals surface area contributed by atoms with Crippen molar-refractivity contribution in [2.75, 3.05) is 0 Å². The van der Waals surface area contributed by atoms with Gasteiger partial charge in [0.1, 0.15) is 24.1 Å². The second kappa shape index (κ2) is 8.63. The molecule has 0 saturated heterocycles. The smallest absolute Gasteiger partial charge is 0.192 e. The number of rotatable bonds is 5. The summed E-state index contributed by atoms with van der Waals surface area (Å²) in [5.41, 5.74) is 9.68. The highest BCUT2D eigenvalue weighted by atomic mass is 35.5. The van der Waals surface area contributed by atoms with E-state index in [4.69, 9.17) is 10.5 Å². The summed E-state index contributed by atoms with van der Waals surface area (Å²) in [6.07, 6.45) is 0. The molecule has 0 aliphatic heterocycles. The fourth-order valence-corrected chi connectivity index (χ4v) is 3.19. The molecule has 0 bridgehead atoms. The van der Waals surface area contributed by atoms with Gasteiger partial charge in [0.25, 0.3) is 0 Å². The zero-order valence-electron chi connectivity index (χ0n) is 13.2. The minimum absolute atomic E-state index is 0. The van der Waals surface area contributed by atoms with Gasteiger partial charge in [-0.15, -0.1) is 11.3 Å². The molecule has 3 aromatic rings. The van der Waals surface area contributed by atoms with Crippen molar-refractivity contribution in [1.82, 2.24) is 0 Å². The normalized spacial score (nSPS) is 9.96. The molecule has 0 unspecified atom stereocenters. The largest absolute Gasteiger partial charge is 0.478 e. The van der Waals surface area contributed by atoms with Gasteiger partial charge in [0.05, 0.1) is 0 Å². The second-order valence-electron chi connectivity index (χ2n) is 5.24. The monoisotopic (exact) mass is 373 g/mol. The Kier molecular flexibility index (Phi) is 6.54. The molecule has 0 atom stereocenters. The fraction of sp³-hybridized carbons (Fsp3) is 0.105. The van der Waals surface area contributed by atoms with Crippen LogP contribution in [0.3, 0.4) is 0 Å². The van der Waals surface area contributed by atoms with Gasteiger partial charge in [0, 0.05) is 29.9 Å². The Morgan fingerprint density at radius 3 is 2.28 bits per heavy atom. The molecule has 3 nitrogen and oxygen atoms in total. The minimum Gasteiger partial charge on any atom is -0.478 e. The Hall–Kier alpha value is -2.39. The molecule has 25 heavy (non-hydrogen) atoms. The van der Waals surface area contributed by atoms with Crippen LogP contribution in [0.2, 0.25) is 0 Å². The Balaban J connectivity index is 0.00000225. The first-order chi connectivity index (χ1) is 11.7. The van der Waals surface area contributed by atoms with Gasteiger partial charge in [-0.3, -0.25) is 0 Å². The van der Waals surface area contributed by atoms with Crippen molar-refractivity contribution in [3.63, 3.8) is 0 Å². The van der Waals surface area contributed by atoms with Gasteiger partial charge in [-0.05, 0) is 28.8 Å². The maximum Gasteiger partial charge on any atom is 0.192 e. The molecule has 1 radical (unpaired) electrons. The van der Waals surface area contributed by atoms with Crippen LogP contribution < -0.4 is 10.5 Å². The third-order valence-corrected chi connectivity index (χ3v) is 4.54. The van der Waals surface area contributed by atoms with Gasteiger partial charge in [-0.2, -0.15) is 5.26 Å².